The second-order valence-corrected chi connectivity index (χ2v) is 5.29. The van der Waals surface area contributed by atoms with E-state index in [4.69, 9.17) is 4.74 Å². The standard InChI is InChI=1S/C16H21FN2O4/c1-11(2)19-14(20)9-18-15(21)10-23-16(22)8-5-12-3-6-13(17)7-4-12/h3-4,6-7,11H,5,8-10H2,1-2H3,(H,18,21)(H,19,20). The molecule has 0 aliphatic heterocycles. The molecule has 1 rings (SSSR count). The molecule has 2 N–H and O–H groups in total. The van der Waals surface area contributed by atoms with Crippen LogP contribution in [0.15, 0.2) is 24.3 Å². The Morgan fingerprint density at radius 2 is 1.78 bits per heavy atom. The average Bonchev–Trinajstić information content (AvgIpc) is 2.49. The molecule has 1 aromatic rings. The first kappa shape index (κ1) is 18.6. The molecular weight excluding hydrogens is 303 g/mol. The smallest absolute Gasteiger partial charge is 0.306 e. The van der Waals surface area contributed by atoms with Gasteiger partial charge < -0.3 is 15.4 Å². The third-order valence-electron chi connectivity index (χ3n) is 2.79. The molecule has 2 amide bonds. The number of amides is 2. The van der Waals surface area contributed by atoms with Crippen LogP contribution in [0, 0.1) is 5.82 Å². The van der Waals surface area contributed by atoms with Gasteiger partial charge in [-0.2, -0.15) is 0 Å². The SMILES string of the molecule is CC(C)NC(=O)CNC(=O)COC(=O)CCc1ccc(F)cc1. The predicted molar refractivity (Wildman–Crippen MR) is 82.0 cm³/mol. The third-order valence-corrected chi connectivity index (χ3v) is 2.79. The highest BCUT2D eigenvalue weighted by Gasteiger charge is 2.10. The van der Waals surface area contributed by atoms with E-state index in [9.17, 15) is 18.8 Å². The topological polar surface area (TPSA) is 84.5 Å². The molecular formula is C16H21FN2O4. The Bertz CT molecular complexity index is 544. The second-order valence-electron chi connectivity index (χ2n) is 5.29. The predicted octanol–water partition coefficient (Wildman–Crippen LogP) is 0.942. The van der Waals surface area contributed by atoms with Crippen molar-refractivity contribution in [1.82, 2.24) is 10.6 Å². The summed E-state index contributed by atoms with van der Waals surface area (Å²) in [5, 5.41) is 4.97. The fraction of sp³-hybridized carbons (Fsp3) is 0.438. The van der Waals surface area contributed by atoms with Crippen molar-refractivity contribution >= 4 is 17.8 Å². The minimum Gasteiger partial charge on any atom is -0.456 e. The van der Waals surface area contributed by atoms with Crippen LogP contribution in [0.5, 0.6) is 0 Å². The summed E-state index contributed by atoms with van der Waals surface area (Å²) in [6.45, 7) is 3.02. The number of esters is 1. The number of hydrogen-bond acceptors (Lipinski definition) is 4. The number of hydrogen-bond donors (Lipinski definition) is 2. The maximum Gasteiger partial charge on any atom is 0.306 e. The monoisotopic (exact) mass is 324 g/mol. The zero-order valence-corrected chi connectivity index (χ0v) is 13.2. The van der Waals surface area contributed by atoms with E-state index < -0.39 is 18.5 Å². The Kier molecular flexibility index (Phi) is 7.73. The van der Waals surface area contributed by atoms with Gasteiger partial charge in [0, 0.05) is 12.5 Å². The van der Waals surface area contributed by atoms with E-state index in [0.717, 1.165) is 5.56 Å². The number of halogens is 1. The van der Waals surface area contributed by atoms with Crippen LogP contribution in [0.25, 0.3) is 0 Å². The molecule has 0 aliphatic rings. The molecule has 1 aromatic carbocycles. The Labute approximate surface area is 134 Å². The molecule has 7 heteroatoms. The fourth-order valence-electron chi connectivity index (χ4n) is 1.72. The van der Waals surface area contributed by atoms with E-state index in [-0.39, 0.29) is 30.7 Å². The van der Waals surface area contributed by atoms with Gasteiger partial charge in [-0.1, -0.05) is 12.1 Å². The highest BCUT2D eigenvalue weighted by Crippen LogP contribution is 2.05. The first-order chi connectivity index (χ1) is 10.9. The summed E-state index contributed by atoms with van der Waals surface area (Å²) < 4.78 is 17.5. The van der Waals surface area contributed by atoms with Crippen molar-refractivity contribution in [2.75, 3.05) is 13.2 Å². The number of ether oxygens (including phenoxy) is 1. The molecule has 0 bridgehead atoms. The molecule has 0 spiro atoms. The summed E-state index contributed by atoms with van der Waals surface area (Å²) in [5.41, 5.74) is 0.804. The third kappa shape index (κ3) is 8.55. The van der Waals surface area contributed by atoms with Crippen LogP contribution < -0.4 is 10.6 Å². The molecule has 6 nitrogen and oxygen atoms in total. The van der Waals surface area contributed by atoms with Crippen molar-refractivity contribution in [1.29, 1.82) is 0 Å². The first-order valence-corrected chi connectivity index (χ1v) is 7.33. The van der Waals surface area contributed by atoms with Crippen LogP contribution in [0.4, 0.5) is 4.39 Å². The van der Waals surface area contributed by atoms with Crippen molar-refractivity contribution in [3.05, 3.63) is 35.6 Å². The number of benzene rings is 1. The highest BCUT2D eigenvalue weighted by molar-refractivity contribution is 5.86. The van der Waals surface area contributed by atoms with E-state index in [1.54, 1.807) is 12.1 Å². The van der Waals surface area contributed by atoms with Gasteiger partial charge in [0.15, 0.2) is 6.61 Å². The van der Waals surface area contributed by atoms with Crippen LogP contribution in [0.2, 0.25) is 0 Å². The minimum atomic E-state index is -0.543. The van der Waals surface area contributed by atoms with Crippen LogP contribution >= 0.6 is 0 Å². The summed E-state index contributed by atoms with van der Waals surface area (Å²) in [7, 11) is 0. The lowest BCUT2D eigenvalue weighted by molar-refractivity contribution is -0.148. The molecule has 0 saturated carbocycles. The molecule has 23 heavy (non-hydrogen) atoms. The van der Waals surface area contributed by atoms with Gasteiger partial charge in [-0.3, -0.25) is 14.4 Å². The number of nitrogens with one attached hydrogen (secondary N) is 2. The van der Waals surface area contributed by atoms with E-state index >= 15 is 0 Å². The zero-order chi connectivity index (χ0) is 17.2. The summed E-state index contributed by atoms with van der Waals surface area (Å²) >= 11 is 0. The van der Waals surface area contributed by atoms with E-state index in [1.165, 1.54) is 12.1 Å². The lowest BCUT2D eigenvalue weighted by atomic mass is 10.1. The largest absolute Gasteiger partial charge is 0.456 e. The van der Waals surface area contributed by atoms with E-state index in [0.29, 0.717) is 6.42 Å². The van der Waals surface area contributed by atoms with Crippen molar-refractivity contribution < 1.29 is 23.5 Å². The molecule has 0 aromatic heterocycles. The van der Waals surface area contributed by atoms with Crippen LogP contribution in [0.1, 0.15) is 25.8 Å². The summed E-state index contributed by atoms with van der Waals surface area (Å²) in [4.78, 5) is 34.3. The summed E-state index contributed by atoms with van der Waals surface area (Å²) in [6, 6.07) is 5.79. The molecule has 0 aliphatic carbocycles. The number of carbonyl (C=O) groups is 3. The molecule has 0 atom stereocenters. The molecule has 0 fully saturated rings. The summed E-state index contributed by atoms with van der Waals surface area (Å²) in [5.74, 6) is -1.72. The molecule has 0 saturated heterocycles. The van der Waals surface area contributed by atoms with Crippen LogP contribution in [-0.2, 0) is 25.5 Å². The van der Waals surface area contributed by atoms with Crippen molar-refractivity contribution in [3.63, 3.8) is 0 Å². The quantitative estimate of drug-likeness (QED) is 0.697. The van der Waals surface area contributed by atoms with Crippen molar-refractivity contribution in [2.45, 2.75) is 32.7 Å². The maximum atomic E-state index is 12.7. The molecule has 0 radical (unpaired) electrons. The molecule has 126 valence electrons. The van der Waals surface area contributed by atoms with Crippen molar-refractivity contribution in [3.8, 4) is 0 Å². The van der Waals surface area contributed by atoms with Gasteiger partial charge in [0.25, 0.3) is 5.91 Å². The molecule has 0 heterocycles. The minimum absolute atomic E-state index is 0.0105. The fourth-order valence-corrected chi connectivity index (χ4v) is 1.72. The van der Waals surface area contributed by atoms with Gasteiger partial charge in [-0.05, 0) is 38.0 Å². The summed E-state index contributed by atoms with van der Waals surface area (Å²) in [6.07, 6.45) is 0.490. The number of rotatable bonds is 8. The Hall–Kier alpha value is -2.44. The number of carbonyl (C=O) groups excluding carboxylic acids is 3. The van der Waals surface area contributed by atoms with E-state index in [1.807, 2.05) is 13.8 Å². The average molecular weight is 324 g/mol. The lowest BCUT2D eigenvalue weighted by Gasteiger charge is -2.09. The number of aryl methyl sites for hydroxylation is 1. The molecule has 0 unspecified atom stereocenters. The second kappa shape index (κ2) is 9.55. The zero-order valence-electron chi connectivity index (χ0n) is 13.2. The van der Waals surface area contributed by atoms with Gasteiger partial charge in [0.05, 0.1) is 6.54 Å². The first-order valence-electron chi connectivity index (χ1n) is 7.33. The van der Waals surface area contributed by atoms with Gasteiger partial charge >= 0.3 is 5.97 Å². The Morgan fingerprint density at radius 3 is 2.39 bits per heavy atom. The van der Waals surface area contributed by atoms with Gasteiger partial charge in [0.2, 0.25) is 5.91 Å². The van der Waals surface area contributed by atoms with Gasteiger partial charge in [-0.25, -0.2) is 4.39 Å². The van der Waals surface area contributed by atoms with Gasteiger partial charge in [0.1, 0.15) is 5.82 Å². The van der Waals surface area contributed by atoms with Crippen LogP contribution in [0.3, 0.4) is 0 Å². The lowest BCUT2D eigenvalue weighted by Crippen LogP contribution is -2.41. The van der Waals surface area contributed by atoms with Crippen molar-refractivity contribution in [2.24, 2.45) is 0 Å². The maximum absolute atomic E-state index is 12.7. The normalized spacial score (nSPS) is 10.3. The van der Waals surface area contributed by atoms with Gasteiger partial charge in [-0.15, -0.1) is 0 Å². The Morgan fingerprint density at radius 1 is 1.13 bits per heavy atom. The Balaban J connectivity index is 2.18. The highest BCUT2D eigenvalue weighted by atomic mass is 19.1. The van der Waals surface area contributed by atoms with E-state index in [2.05, 4.69) is 10.6 Å². The van der Waals surface area contributed by atoms with Crippen LogP contribution in [-0.4, -0.2) is 37.0 Å².